The molecule has 376 valence electrons. The molecule has 15 nitrogen and oxygen atoms in total. The van der Waals surface area contributed by atoms with Crippen LogP contribution in [0.5, 0.6) is 5.75 Å². The van der Waals surface area contributed by atoms with Gasteiger partial charge in [-0.3, -0.25) is 28.9 Å². The summed E-state index contributed by atoms with van der Waals surface area (Å²) in [6, 6.07) is 14.9. The Bertz CT molecular complexity index is 1960. The van der Waals surface area contributed by atoms with Crippen molar-refractivity contribution in [3.63, 3.8) is 0 Å². The van der Waals surface area contributed by atoms with Crippen LogP contribution in [0, 0.1) is 19.8 Å². The first-order valence-electron chi connectivity index (χ1n) is 24.3. The number of esters is 1. The van der Waals surface area contributed by atoms with E-state index in [0.717, 1.165) is 63.8 Å². The molecular formula is C53H79N5O10. The maximum atomic E-state index is 13.7. The lowest BCUT2D eigenvalue weighted by molar-refractivity contribution is -0.147. The molecule has 0 bridgehead atoms. The predicted octanol–water partition coefficient (Wildman–Crippen LogP) is 7.32. The highest BCUT2D eigenvalue weighted by atomic mass is 16.6. The van der Waals surface area contributed by atoms with Crippen LogP contribution in [-0.4, -0.2) is 117 Å². The summed E-state index contributed by atoms with van der Waals surface area (Å²) in [6.45, 7) is 15.4. The first-order valence-corrected chi connectivity index (χ1v) is 24.3. The average molecular weight is 946 g/mol. The monoisotopic (exact) mass is 946 g/mol. The molecule has 0 spiro atoms. The maximum Gasteiger partial charge on any atom is 0.408 e. The van der Waals surface area contributed by atoms with Crippen LogP contribution in [0.2, 0.25) is 0 Å². The van der Waals surface area contributed by atoms with Gasteiger partial charge in [0, 0.05) is 0 Å². The molecule has 4 N–H and O–H groups in total. The summed E-state index contributed by atoms with van der Waals surface area (Å²) in [5, 5.41) is 10.3. The number of methoxy groups -OCH3 is 1. The quantitative estimate of drug-likeness (QED) is 0.0724. The SMILES string of the molecule is CCCN(CCC)CC(=O)N[C@@H](C)C(=O)NCC(=O)N[C@@H](CC1CCCCC1)C(=O)[C@@]1(COC(=O)CNC(=O)OC(C)(C)C)CO1.COc1ccc(C)cc1.Cc1ccc(C2=CCCC=C2)cc1. The number of allylic oxidation sites excluding steroid dienone is 4. The Hall–Kier alpha value is -5.54. The molecule has 0 unspecified atom stereocenters. The highest BCUT2D eigenvalue weighted by Crippen LogP contribution is 2.34. The van der Waals surface area contributed by atoms with Crippen LogP contribution in [0.15, 0.2) is 66.8 Å². The van der Waals surface area contributed by atoms with Crippen molar-refractivity contribution in [1.29, 1.82) is 0 Å². The van der Waals surface area contributed by atoms with Crippen LogP contribution in [0.25, 0.3) is 5.57 Å². The fourth-order valence-electron chi connectivity index (χ4n) is 7.67. The molecule has 1 aliphatic heterocycles. The normalized spacial score (nSPS) is 17.3. The smallest absolute Gasteiger partial charge is 0.408 e. The predicted molar refractivity (Wildman–Crippen MR) is 265 cm³/mol. The van der Waals surface area contributed by atoms with Gasteiger partial charge >= 0.3 is 12.1 Å². The Morgan fingerprint density at radius 1 is 0.824 bits per heavy atom. The van der Waals surface area contributed by atoms with E-state index < -0.39 is 59.5 Å². The van der Waals surface area contributed by atoms with Crippen molar-refractivity contribution in [2.75, 3.05) is 53.0 Å². The van der Waals surface area contributed by atoms with E-state index in [1.54, 1.807) is 34.8 Å². The zero-order chi connectivity index (χ0) is 50.1. The molecule has 5 rings (SSSR count). The topological polar surface area (TPSA) is 194 Å². The van der Waals surface area contributed by atoms with Gasteiger partial charge in [-0.25, -0.2) is 4.79 Å². The summed E-state index contributed by atoms with van der Waals surface area (Å²) in [5.41, 5.74) is 3.17. The van der Waals surface area contributed by atoms with Crippen LogP contribution >= 0.6 is 0 Å². The van der Waals surface area contributed by atoms with Gasteiger partial charge in [-0.1, -0.05) is 112 Å². The molecule has 1 heterocycles. The van der Waals surface area contributed by atoms with Crippen LogP contribution in [0.1, 0.15) is 122 Å². The zero-order valence-electron chi connectivity index (χ0n) is 42.1. The number of nitrogens with zero attached hydrogens (tertiary/aromatic N) is 1. The average Bonchev–Trinajstić information content (AvgIpc) is 4.11. The number of carbonyl (C=O) groups excluding carboxylic acids is 6. The first-order chi connectivity index (χ1) is 32.4. The molecule has 0 radical (unpaired) electrons. The molecule has 1 saturated heterocycles. The van der Waals surface area contributed by atoms with Crippen molar-refractivity contribution in [3.05, 3.63) is 83.4 Å². The fourth-order valence-corrected chi connectivity index (χ4v) is 7.67. The van der Waals surface area contributed by atoms with Crippen molar-refractivity contribution in [2.45, 2.75) is 143 Å². The molecule has 2 aromatic carbocycles. The number of carbonyl (C=O) groups is 6. The molecule has 2 aromatic rings. The molecule has 2 aliphatic carbocycles. The lowest BCUT2D eigenvalue weighted by Crippen LogP contribution is -2.53. The van der Waals surface area contributed by atoms with Crippen LogP contribution in [-0.2, 0) is 38.2 Å². The van der Waals surface area contributed by atoms with E-state index in [0.29, 0.717) is 6.42 Å². The third-order valence-corrected chi connectivity index (χ3v) is 11.4. The van der Waals surface area contributed by atoms with E-state index in [9.17, 15) is 28.8 Å². The second-order valence-corrected chi connectivity index (χ2v) is 18.8. The van der Waals surface area contributed by atoms with Crippen LogP contribution in [0.3, 0.4) is 0 Å². The van der Waals surface area contributed by atoms with Gasteiger partial charge in [-0.2, -0.15) is 0 Å². The third kappa shape index (κ3) is 22.0. The third-order valence-electron chi connectivity index (χ3n) is 11.4. The number of alkyl carbamates (subject to hydrolysis) is 1. The maximum absolute atomic E-state index is 13.7. The molecule has 3 aliphatic rings. The fraction of sp³-hybridized carbons (Fsp3) is 0.585. The van der Waals surface area contributed by atoms with Crippen molar-refractivity contribution in [2.24, 2.45) is 5.92 Å². The van der Waals surface area contributed by atoms with Crippen molar-refractivity contribution >= 4 is 41.1 Å². The van der Waals surface area contributed by atoms with Gasteiger partial charge in [0.1, 0.15) is 30.5 Å². The number of hydrogen-bond acceptors (Lipinski definition) is 11. The number of ketones is 1. The Morgan fingerprint density at radius 2 is 1.44 bits per heavy atom. The largest absolute Gasteiger partial charge is 0.497 e. The summed E-state index contributed by atoms with van der Waals surface area (Å²) < 4.78 is 20.8. The molecule has 2 fully saturated rings. The molecule has 15 heteroatoms. The van der Waals surface area contributed by atoms with Gasteiger partial charge in [0.2, 0.25) is 17.7 Å². The zero-order valence-corrected chi connectivity index (χ0v) is 42.1. The summed E-state index contributed by atoms with van der Waals surface area (Å²) in [5.74, 6) is -1.39. The van der Waals surface area contributed by atoms with Gasteiger partial charge in [0.25, 0.3) is 0 Å². The number of benzene rings is 2. The number of ether oxygens (including phenoxy) is 4. The number of rotatable bonds is 21. The lowest BCUT2D eigenvalue weighted by atomic mass is 9.82. The molecule has 3 atom stereocenters. The Morgan fingerprint density at radius 3 is 1.99 bits per heavy atom. The minimum absolute atomic E-state index is 0.0253. The number of Topliss-reactive ketones (excluding diaryl/α,β-unsaturated/α-hetero) is 1. The van der Waals surface area contributed by atoms with Crippen LogP contribution in [0.4, 0.5) is 4.79 Å². The van der Waals surface area contributed by atoms with Crippen LogP contribution < -0.4 is 26.0 Å². The standard InChI is InChI=1S/C32H55N5O9.C13H14.C8H10O/c1-7-14-37(15-8-2)19-26(39)35-22(3)29(42)33-17-25(38)36-24(16-23-12-10-9-11-13-23)28(41)32(21-45-32)20-44-27(40)18-34-30(43)46-31(4,5)6;1-11-7-9-13(10-8-11)12-5-3-2-4-6-12;1-7-3-5-8(9-2)6-4-7/h22-24H,7-21H2,1-6H3,(H,33,42)(H,34,43)(H,35,39)(H,36,38);3,5-10H,2,4H2,1H3;3-6H,1-2H3/t22-,24-,32+;;/m0../s1. The summed E-state index contributed by atoms with van der Waals surface area (Å²) >= 11 is 0. The van der Waals surface area contributed by atoms with Gasteiger partial charge in [0.15, 0.2) is 11.4 Å². The highest BCUT2D eigenvalue weighted by molar-refractivity contribution is 5.98. The minimum atomic E-state index is -1.39. The summed E-state index contributed by atoms with van der Waals surface area (Å²) in [7, 11) is 1.67. The highest BCUT2D eigenvalue weighted by Gasteiger charge is 2.56. The number of epoxide rings is 1. The van der Waals surface area contributed by atoms with Gasteiger partial charge in [0.05, 0.1) is 32.8 Å². The van der Waals surface area contributed by atoms with Gasteiger partial charge in [-0.05, 0) is 116 Å². The Labute approximate surface area is 404 Å². The minimum Gasteiger partial charge on any atom is -0.497 e. The van der Waals surface area contributed by atoms with E-state index >= 15 is 0 Å². The molecular weight excluding hydrogens is 867 g/mol. The molecule has 1 saturated carbocycles. The number of nitrogens with one attached hydrogen (secondary N) is 4. The second-order valence-electron chi connectivity index (χ2n) is 18.8. The van der Waals surface area contributed by atoms with E-state index in [4.69, 9.17) is 18.9 Å². The van der Waals surface area contributed by atoms with Gasteiger partial charge in [-0.15, -0.1) is 0 Å². The van der Waals surface area contributed by atoms with Gasteiger partial charge < -0.3 is 40.2 Å². The van der Waals surface area contributed by atoms with Crippen molar-refractivity contribution in [3.8, 4) is 5.75 Å². The van der Waals surface area contributed by atoms with E-state index in [-0.39, 0.29) is 38.1 Å². The van der Waals surface area contributed by atoms with Crippen molar-refractivity contribution in [1.82, 2.24) is 26.2 Å². The molecule has 4 amide bonds. The lowest BCUT2D eigenvalue weighted by Gasteiger charge is -2.28. The Balaban J connectivity index is 0.000000445. The Kier molecular flexibility index (Phi) is 24.5. The first kappa shape index (κ1) is 56.8. The number of hydrogen-bond donors (Lipinski definition) is 4. The van der Waals surface area contributed by atoms with E-state index in [2.05, 4.69) is 77.6 Å². The summed E-state index contributed by atoms with van der Waals surface area (Å²) in [4.78, 5) is 77.8. The van der Waals surface area contributed by atoms with E-state index in [1.807, 2.05) is 43.0 Å². The molecule has 68 heavy (non-hydrogen) atoms. The number of amides is 4. The summed E-state index contributed by atoms with van der Waals surface area (Å²) in [6.07, 6.45) is 15.7. The van der Waals surface area contributed by atoms with Crippen molar-refractivity contribution < 1.29 is 47.7 Å². The second kappa shape index (κ2) is 29.4. The number of aryl methyl sites for hydroxylation is 2. The molecule has 0 aromatic heterocycles. The van der Waals surface area contributed by atoms with E-state index in [1.165, 1.54) is 35.1 Å².